The van der Waals surface area contributed by atoms with E-state index < -0.39 is 6.04 Å². The van der Waals surface area contributed by atoms with E-state index in [4.69, 9.17) is 4.74 Å². The van der Waals surface area contributed by atoms with E-state index in [-0.39, 0.29) is 30.2 Å². The molecule has 0 saturated carbocycles. The lowest BCUT2D eigenvalue weighted by Gasteiger charge is -2.41. The third kappa shape index (κ3) is 6.11. The average Bonchev–Trinajstić information content (AvgIpc) is 3.44. The number of likely N-dealkylation sites (N-methyl/N-ethyl adjacent to an activating group) is 1. The molecule has 2 aromatic carbocycles. The van der Waals surface area contributed by atoms with Crippen LogP contribution in [0.3, 0.4) is 0 Å². The van der Waals surface area contributed by atoms with Gasteiger partial charge in [0.25, 0.3) is 5.91 Å². The van der Waals surface area contributed by atoms with Crippen molar-refractivity contribution in [3.63, 3.8) is 0 Å². The number of ether oxygens (including phenoxy) is 1. The molecule has 0 radical (unpaired) electrons. The predicted molar refractivity (Wildman–Crippen MR) is 157 cm³/mol. The predicted octanol–water partition coefficient (Wildman–Crippen LogP) is 4.19. The number of hydrogen-bond donors (Lipinski definition) is 2. The number of halogens is 1. The second-order valence-corrected chi connectivity index (χ2v) is 10.5. The van der Waals surface area contributed by atoms with Crippen LogP contribution in [-0.4, -0.2) is 80.8 Å². The number of amides is 2. The molecule has 0 bridgehead atoms. The zero-order chi connectivity index (χ0) is 29.6. The van der Waals surface area contributed by atoms with Crippen molar-refractivity contribution in [1.82, 2.24) is 35.5 Å². The second kappa shape index (κ2) is 13.1. The molecule has 1 aliphatic heterocycles. The van der Waals surface area contributed by atoms with Gasteiger partial charge < -0.3 is 15.0 Å². The zero-order valence-corrected chi connectivity index (χ0v) is 24.1. The minimum Gasteiger partial charge on any atom is -0.496 e. The van der Waals surface area contributed by atoms with E-state index in [2.05, 4.69) is 25.7 Å². The normalized spacial score (nSPS) is 17.2. The Morgan fingerprint density at radius 2 is 2.02 bits per heavy atom. The topological polar surface area (TPSA) is 116 Å². The Kier molecular flexibility index (Phi) is 9.06. The van der Waals surface area contributed by atoms with E-state index in [0.29, 0.717) is 55.0 Å². The number of likely N-dealkylation sites (tertiary alicyclic amines) is 1. The molecule has 0 spiro atoms. The van der Waals surface area contributed by atoms with Gasteiger partial charge in [-0.05, 0) is 62.6 Å². The first kappa shape index (κ1) is 29.1. The Balaban J connectivity index is 1.37. The number of rotatable bonds is 10. The van der Waals surface area contributed by atoms with Crippen molar-refractivity contribution in [3.8, 4) is 17.0 Å². The summed E-state index contributed by atoms with van der Waals surface area (Å²) < 4.78 is 20.4. The summed E-state index contributed by atoms with van der Waals surface area (Å²) in [6.07, 6.45) is 5.24. The fourth-order valence-electron chi connectivity index (χ4n) is 5.68. The van der Waals surface area contributed by atoms with Crippen LogP contribution in [0.25, 0.3) is 22.2 Å². The molecule has 11 heteroatoms. The largest absolute Gasteiger partial charge is 0.496 e. The minimum absolute atomic E-state index is 0.0305. The van der Waals surface area contributed by atoms with Gasteiger partial charge >= 0.3 is 0 Å². The van der Waals surface area contributed by atoms with Crippen LogP contribution in [0, 0.1) is 5.82 Å². The molecule has 220 valence electrons. The molecule has 2 atom stereocenters. The first-order valence-electron chi connectivity index (χ1n) is 14.3. The van der Waals surface area contributed by atoms with E-state index in [1.54, 1.807) is 30.6 Å². The van der Waals surface area contributed by atoms with Crippen molar-refractivity contribution >= 4 is 22.7 Å². The van der Waals surface area contributed by atoms with E-state index in [0.717, 1.165) is 22.9 Å². The lowest BCUT2D eigenvalue weighted by atomic mass is 9.95. The smallest absolute Gasteiger partial charge is 0.251 e. The molecule has 10 nitrogen and oxygen atoms in total. The molecule has 1 saturated heterocycles. The molecule has 1 aliphatic rings. The summed E-state index contributed by atoms with van der Waals surface area (Å²) >= 11 is 0. The number of aromatic amines is 1. The third-order valence-electron chi connectivity index (χ3n) is 7.83. The van der Waals surface area contributed by atoms with Gasteiger partial charge in [-0.3, -0.25) is 19.6 Å². The molecule has 2 unspecified atom stereocenters. The summed E-state index contributed by atoms with van der Waals surface area (Å²) in [6.45, 7) is 5.86. The van der Waals surface area contributed by atoms with E-state index in [1.165, 1.54) is 13.2 Å². The number of nitrogens with zero attached hydrogens (tertiary/aromatic N) is 5. The van der Waals surface area contributed by atoms with Crippen LogP contribution in [0.4, 0.5) is 4.39 Å². The van der Waals surface area contributed by atoms with Crippen molar-refractivity contribution in [3.05, 3.63) is 71.8 Å². The van der Waals surface area contributed by atoms with Crippen molar-refractivity contribution in [2.24, 2.45) is 0 Å². The number of carbonyl (C=O) groups is 2. The molecule has 2 amide bonds. The monoisotopic (exact) mass is 573 g/mol. The van der Waals surface area contributed by atoms with Crippen LogP contribution in [0.1, 0.15) is 49.0 Å². The maximum atomic E-state index is 15.0. The van der Waals surface area contributed by atoms with Crippen LogP contribution < -0.4 is 10.1 Å². The van der Waals surface area contributed by atoms with Crippen LogP contribution >= 0.6 is 0 Å². The number of carbonyl (C=O) groups excluding carboxylic acids is 2. The number of H-pyrrole nitrogens is 1. The molecule has 5 rings (SSSR count). The van der Waals surface area contributed by atoms with Gasteiger partial charge in [0, 0.05) is 54.3 Å². The van der Waals surface area contributed by atoms with Crippen LogP contribution in [0.5, 0.6) is 5.75 Å². The number of piperidine rings is 1. The lowest BCUT2D eigenvalue weighted by Crippen LogP contribution is -2.56. The Hall–Kier alpha value is -4.38. The first-order valence-corrected chi connectivity index (χ1v) is 14.3. The maximum absolute atomic E-state index is 15.0. The van der Waals surface area contributed by atoms with Gasteiger partial charge in [0.15, 0.2) is 0 Å². The molecule has 2 aromatic heterocycles. The van der Waals surface area contributed by atoms with E-state index in [9.17, 15) is 14.0 Å². The third-order valence-corrected chi connectivity index (χ3v) is 7.83. The molecule has 4 aromatic rings. The summed E-state index contributed by atoms with van der Waals surface area (Å²) in [7, 11) is 1.51. The standard InChI is InChI=1S/C31H36FN7O3/c1-4-15-38(5-2)31(41)27-12-10-22(18-39(27)19-24-25(32)7-6-8-28(24)42-3)35-30(40)20-9-11-26-23(16-20)29(37-36-26)21-13-14-33-34-17-21/h6-9,11,13-14,16-17,22,27H,4-5,10,12,15,18-19H2,1-3H3,(H,35,40)(H,36,37). The van der Waals surface area contributed by atoms with Gasteiger partial charge in [-0.25, -0.2) is 4.39 Å². The van der Waals surface area contributed by atoms with Crippen LogP contribution in [0.2, 0.25) is 0 Å². The molecule has 0 aliphatic carbocycles. The van der Waals surface area contributed by atoms with Crippen LogP contribution in [0.15, 0.2) is 54.9 Å². The molecule has 3 heterocycles. The number of nitrogens with one attached hydrogen (secondary N) is 2. The van der Waals surface area contributed by atoms with Gasteiger partial charge in [0.1, 0.15) is 17.3 Å². The van der Waals surface area contributed by atoms with Gasteiger partial charge in [0.2, 0.25) is 5.91 Å². The summed E-state index contributed by atoms with van der Waals surface area (Å²) in [4.78, 5) is 30.9. The molecule has 2 N–H and O–H groups in total. The summed E-state index contributed by atoms with van der Waals surface area (Å²) in [6, 6.07) is 11.3. The number of fused-ring (bicyclic) bond motifs is 1. The van der Waals surface area contributed by atoms with Gasteiger partial charge in [-0.1, -0.05) is 13.0 Å². The van der Waals surface area contributed by atoms with Crippen molar-refractivity contribution < 1.29 is 18.7 Å². The minimum atomic E-state index is -0.423. The number of benzene rings is 2. The zero-order valence-electron chi connectivity index (χ0n) is 24.1. The van der Waals surface area contributed by atoms with Gasteiger partial charge in [-0.15, -0.1) is 0 Å². The summed E-state index contributed by atoms with van der Waals surface area (Å²) in [5.41, 5.74) is 3.17. The van der Waals surface area contributed by atoms with Gasteiger partial charge in [0.05, 0.1) is 31.1 Å². The van der Waals surface area contributed by atoms with Crippen molar-refractivity contribution in [2.45, 2.75) is 51.7 Å². The Morgan fingerprint density at radius 3 is 2.76 bits per heavy atom. The van der Waals surface area contributed by atoms with Gasteiger partial charge in [-0.2, -0.15) is 15.3 Å². The Labute approximate surface area is 244 Å². The van der Waals surface area contributed by atoms with Crippen molar-refractivity contribution in [2.75, 3.05) is 26.7 Å². The first-order chi connectivity index (χ1) is 20.4. The molecule has 42 heavy (non-hydrogen) atoms. The van der Waals surface area contributed by atoms with Crippen LogP contribution in [-0.2, 0) is 11.3 Å². The van der Waals surface area contributed by atoms with E-state index in [1.807, 2.05) is 41.8 Å². The lowest BCUT2D eigenvalue weighted by molar-refractivity contribution is -0.138. The highest BCUT2D eigenvalue weighted by Crippen LogP contribution is 2.29. The fraction of sp³-hybridized carbons (Fsp3) is 0.387. The number of hydrogen-bond acceptors (Lipinski definition) is 7. The molecular formula is C31H36FN7O3. The second-order valence-electron chi connectivity index (χ2n) is 10.5. The average molecular weight is 574 g/mol. The fourth-order valence-corrected chi connectivity index (χ4v) is 5.68. The highest BCUT2D eigenvalue weighted by molar-refractivity contribution is 6.01. The van der Waals surface area contributed by atoms with E-state index >= 15 is 0 Å². The molecule has 1 fully saturated rings. The Bertz CT molecular complexity index is 1540. The molecular weight excluding hydrogens is 537 g/mol. The summed E-state index contributed by atoms with van der Waals surface area (Å²) in [5.74, 6) is -0.151. The van der Waals surface area contributed by atoms with Crippen molar-refractivity contribution in [1.29, 1.82) is 0 Å². The highest BCUT2D eigenvalue weighted by Gasteiger charge is 2.36. The number of methoxy groups -OCH3 is 1. The SMILES string of the molecule is CCCN(CC)C(=O)C1CCC(NC(=O)c2ccc3[nH]nc(-c4ccnnc4)c3c2)CN1Cc1c(F)cccc1OC. The Morgan fingerprint density at radius 1 is 1.17 bits per heavy atom. The maximum Gasteiger partial charge on any atom is 0.251 e. The highest BCUT2D eigenvalue weighted by atomic mass is 19.1. The quantitative estimate of drug-likeness (QED) is 0.292. The summed E-state index contributed by atoms with van der Waals surface area (Å²) in [5, 5.41) is 19.1. The number of aromatic nitrogens is 4.